The second kappa shape index (κ2) is 9.29. The van der Waals surface area contributed by atoms with E-state index in [2.05, 4.69) is 5.32 Å². The third-order valence-corrected chi connectivity index (χ3v) is 6.62. The highest BCUT2D eigenvalue weighted by Crippen LogP contribution is 2.29. The molecule has 0 saturated heterocycles. The molecule has 0 fully saturated rings. The first-order valence-electron chi connectivity index (χ1n) is 10.8. The van der Waals surface area contributed by atoms with Crippen LogP contribution in [-0.4, -0.2) is 31.4 Å². The normalized spacial score (nSPS) is 14.7. The van der Waals surface area contributed by atoms with Crippen LogP contribution < -0.4 is 10.5 Å². The lowest BCUT2D eigenvalue weighted by atomic mass is 9.97. The first-order valence-corrected chi connectivity index (χ1v) is 12.3. The van der Waals surface area contributed by atoms with Crippen LogP contribution in [0, 0.1) is 0 Å². The molecule has 0 radical (unpaired) electrons. The van der Waals surface area contributed by atoms with Crippen molar-refractivity contribution in [1.82, 2.24) is 4.98 Å². The summed E-state index contributed by atoms with van der Waals surface area (Å²) in [6, 6.07) is 13.0. The molecule has 1 aliphatic rings. The molecule has 4 rings (SSSR count). The molecule has 3 aromatic rings. The van der Waals surface area contributed by atoms with Gasteiger partial charge in [0, 0.05) is 16.8 Å². The number of nitrogens with zero attached hydrogens (tertiary/aromatic N) is 1. The lowest BCUT2D eigenvalue weighted by molar-refractivity contribution is -0.123. The van der Waals surface area contributed by atoms with Crippen LogP contribution >= 0.6 is 0 Å². The van der Waals surface area contributed by atoms with E-state index in [0.717, 1.165) is 48.9 Å². The van der Waals surface area contributed by atoms with Crippen LogP contribution in [0.2, 0.25) is 0 Å². The van der Waals surface area contributed by atoms with Crippen LogP contribution in [0.15, 0.2) is 53.4 Å². The van der Waals surface area contributed by atoms with E-state index in [1.807, 2.05) is 24.3 Å². The van der Waals surface area contributed by atoms with Crippen molar-refractivity contribution in [3.63, 3.8) is 0 Å². The summed E-state index contributed by atoms with van der Waals surface area (Å²) in [5, 5.41) is 8.42. The van der Waals surface area contributed by atoms with Crippen molar-refractivity contribution >= 4 is 38.5 Å². The molecule has 172 valence electrons. The van der Waals surface area contributed by atoms with Crippen molar-refractivity contribution in [2.24, 2.45) is 5.14 Å². The first kappa shape index (κ1) is 22.9. The van der Waals surface area contributed by atoms with E-state index in [9.17, 15) is 18.0 Å². The zero-order chi connectivity index (χ0) is 23.6. The molecule has 1 aliphatic carbocycles. The monoisotopic (exact) mass is 467 g/mol. The van der Waals surface area contributed by atoms with Gasteiger partial charge >= 0.3 is 5.97 Å². The molecule has 1 heterocycles. The largest absolute Gasteiger partial charge is 0.449 e. The molecule has 1 atom stereocenters. The van der Waals surface area contributed by atoms with Gasteiger partial charge in [0.2, 0.25) is 10.0 Å². The molecule has 0 spiro atoms. The topological polar surface area (TPSA) is 128 Å². The van der Waals surface area contributed by atoms with Gasteiger partial charge < -0.3 is 10.1 Å². The highest BCUT2D eigenvalue weighted by Gasteiger charge is 2.26. The van der Waals surface area contributed by atoms with E-state index < -0.39 is 28.0 Å². The number of hydrogen-bond acceptors (Lipinski definition) is 6. The number of carbonyl (C=O) groups excluding carboxylic acids is 2. The lowest BCUT2D eigenvalue weighted by Gasteiger charge is -2.18. The second-order valence-electron chi connectivity index (χ2n) is 8.10. The number of carbonyl (C=O) groups is 2. The SMILES string of the molecule is CC(OC(=O)c1c2c(nc3ccccc13)CCCCC2)C(=O)Nc1cccc(S(N)(=O)=O)c1. The lowest BCUT2D eigenvalue weighted by Crippen LogP contribution is -2.30. The summed E-state index contributed by atoms with van der Waals surface area (Å²) in [5.74, 6) is -1.16. The quantitative estimate of drug-likeness (QED) is 0.437. The van der Waals surface area contributed by atoms with Gasteiger partial charge in [-0.1, -0.05) is 30.7 Å². The number of esters is 1. The van der Waals surface area contributed by atoms with Crippen molar-refractivity contribution in [1.29, 1.82) is 0 Å². The van der Waals surface area contributed by atoms with E-state index >= 15 is 0 Å². The first-order chi connectivity index (χ1) is 15.7. The fourth-order valence-corrected chi connectivity index (χ4v) is 4.61. The van der Waals surface area contributed by atoms with Gasteiger partial charge in [-0.25, -0.2) is 18.4 Å². The number of fused-ring (bicyclic) bond motifs is 2. The van der Waals surface area contributed by atoms with Gasteiger partial charge in [-0.3, -0.25) is 9.78 Å². The van der Waals surface area contributed by atoms with E-state index in [0.29, 0.717) is 10.9 Å². The number of ether oxygens (including phenoxy) is 1. The number of nitrogens with two attached hydrogens (primary N) is 1. The number of aromatic nitrogens is 1. The average molecular weight is 468 g/mol. The number of amides is 1. The van der Waals surface area contributed by atoms with Crippen LogP contribution in [0.3, 0.4) is 0 Å². The molecular formula is C24H25N3O5S. The third kappa shape index (κ3) is 5.04. The van der Waals surface area contributed by atoms with Crippen LogP contribution in [0.1, 0.15) is 47.8 Å². The van der Waals surface area contributed by atoms with Gasteiger partial charge in [0.1, 0.15) is 0 Å². The van der Waals surface area contributed by atoms with Crippen molar-refractivity contribution in [2.75, 3.05) is 5.32 Å². The van der Waals surface area contributed by atoms with E-state index in [4.69, 9.17) is 14.9 Å². The fraction of sp³-hybridized carbons (Fsp3) is 0.292. The number of nitrogens with one attached hydrogen (secondary N) is 1. The van der Waals surface area contributed by atoms with Gasteiger partial charge in [0.25, 0.3) is 5.91 Å². The second-order valence-corrected chi connectivity index (χ2v) is 9.66. The average Bonchev–Trinajstić information content (AvgIpc) is 3.02. The van der Waals surface area contributed by atoms with Crippen molar-refractivity contribution in [2.45, 2.75) is 50.0 Å². The number of anilines is 1. The Balaban J connectivity index is 1.58. The number of benzene rings is 2. The highest BCUT2D eigenvalue weighted by atomic mass is 32.2. The number of rotatable bonds is 5. The summed E-state index contributed by atoms with van der Waals surface area (Å²) in [5.41, 5.74) is 3.23. The Kier molecular flexibility index (Phi) is 6.44. The summed E-state index contributed by atoms with van der Waals surface area (Å²) in [6.45, 7) is 1.47. The molecule has 0 saturated carbocycles. The Morgan fingerprint density at radius 3 is 2.61 bits per heavy atom. The maximum atomic E-state index is 13.3. The standard InChI is InChI=1S/C24H25N3O5S/c1-15(23(28)26-16-8-7-9-17(14-16)33(25,30)31)32-24(29)22-18-10-3-2-4-12-20(18)27-21-13-6-5-11-19(21)22/h5-9,11,13-15H,2-4,10,12H2,1H3,(H,26,28)(H2,25,30,31). The zero-order valence-corrected chi connectivity index (χ0v) is 19.0. The van der Waals surface area contributed by atoms with Gasteiger partial charge in [-0.15, -0.1) is 0 Å². The van der Waals surface area contributed by atoms with Crippen LogP contribution in [0.25, 0.3) is 10.9 Å². The van der Waals surface area contributed by atoms with Crippen molar-refractivity contribution < 1.29 is 22.7 Å². The predicted octanol–water partition coefficient (Wildman–Crippen LogP) is 3.34. The molecule has 0 aliphatic heterocycles. The Morgan fingerprint density at radius 1 is 1.06 bits per heavy atom. The fourth-order valence-electron chi connectivity index (χ4n) is 4.05. The van der Waals surface area contributed by atoms with E-state index in [1.165, 1.54) is 31.2 Å². The van der Waals surface area contributed by atoms with Gasteiger partial charge in [0.15, 0.2) is 6.10 Å². The number of primary sulfonamides is 1. The number of pyridine rings is 1. The summed E-state index contributed by atoms with van der Waals surface area (Å²) in [4.78, 5) is 30.6. The summed E-state index contributed by atoms with van der Waals surface area (Å²) in [6.07, 6.45) is 3.48. The minimum atomic E-state index is -3.91. The number of para-hydroxylation sites is 1. The third-order valence-electron chi connectivity index (χ3n) is 5.71. The molecule has 0 bridgehead atoms. The summed E-state index contributed by atoms with van der Waals surface area (Å²) >= 11 is 0. The molecule has 3 N–H and O–H groups in total. The minimum Gasteiger partial charge on any atom is -0.449 e. The Morgan fingerprint density at radius 2 is 1.82 bits per heavy atom. The number of aryl methyl sites for hydroxylation is 1. The number of hydrogen-bond donors (Lipinski definition) is 2. The van der Waals surface area contributed by atoms with Gasteiger partial charge in [0.05, 0.1) is 16.0 Å². The predicted molar refractivity (Wildman–Crippen MR) is 124 cm³/mol. The smallest absolute Gasteiger partial charge is 0.339 e. The minimum absolute atomic E-state index is 0.129. The molecule has 2 aromatic carbocycles. The van der Waals surface area contributed by atoms with Gasteiger partial charge in [-0.2, -0.15) is 0 Å². The Labute approximate surface area is 192 Å². The molecule has 1 unspecified atom stereocenters. The number of sulfonamides is 1. The summed E-state index contributed by atoms with van der Waals surface area (Å²) in [7, 11) is -3.91. The van der Waals surface area contributed by atoms with Crippen molar-refractivity contribution in [3.8, 4) is 0 Å². The molecule has 8 nitrogen and oxygen atoms in total. The van der Waals surface area contributed by atoms with Crippen molar-refractivity contribution in [3.05, 3.63) is 65.4 Å². The highest BCUT2D eigenvalue weighted by molar-refractivity contribution is 7.89. The summed E-state index contributed by atoms with van der Waals surface area (Å²) < 4.78 is 28.7. The maximum Gasteiger partial charge on any atom is 0.339 e. The maximum absolute atomic E-state index is 13.3. The molecule has 1 amide bonds. The van der Waals surface area contributed by atoms with Gasteiger partial charge in [-0.05, 0) is 62.4 Å². The van der Waals surface area contributed by atoms with Crippen LogP contribution in [0.4, 0.5) is 5.69 Å². The zero-order valence-electron chi connectivity index (χ0n) is 18.2. The van der Waals surface area contributed by atoms with E-state index in [1.54, 1.807) is 0 Å². The molecular weight excluding hydrogens is 442 g/mol. The molecule has 33 heavy (non-hydrogen) atoms. The van der Waals surface area contributed by atoms with Crippen LogP contribution in [-0.2, 0) is 32.4 Å². The van der Waals surface area contributed by atoms with Crippen LogP contribution in [0.5, 0.6) is 0 Å². The Hall–Kier alpha value is -3.30. The molecule has 1 aromatic heterocycles. The molecule has 9 heteroatoms. The Bertz CT molecular complexity index is 1340. The van der Waals surface area contributed by atoms with E-state index in [-0.39, 0.29) is 10.6 Å².